The van der Waals surface area contributed by atoms with Crippen molar-refractivity contribution < 1.29 is 9.13 Å². The van der Waals surface area contributed by atoms with Gasteiger partial charge in [-0.15, -0.1) is 11.6 Å². The molecule has 0 aliphatic carbocycles. The van der Waals surface area contributed by atoms with Crippen molar-refractivity contribution in [1.29, 1.82) is 0 Å². The summed E-state index contributed by atoms with van der Waals surface area (Å²) in [5.41, 5.74) is 1.46. The van der Waals surface area contributed by atoms with Crippen molar-refractivity contribution in [3.63, 3.8) is 0 Å². The SMILES string of the molecule is CCOc1cc(Cl)c(C(Cl)c2cccc(C)c2F)cc1Cl. The first-order chi connectivity index (χ1) is 9.95. The second-order valence-electron chi connectivity index (χ2n) is 4.58. The van der Waals surface area contributed by atoms with Gasteiger partial charge in [-0.05, 0) is 31.0 Å². The van der Waals surface area contributed by atoms with Gasteiger partial charge in [-0.3, -0.25) is 0 Å². The van der Waals surface area contributed by atoms with Gasteiger partial charge in [-0.2, -0.15) is 0 Å². The summed E-state index contributed by atoms with van der Waals surface area (Å²) in [6, 6.07) is 8.31. The van der Waals surface area contributed by atoms with Gasteiger partial charge >= 0.3 is 0 Å². The van der Waals surface area contributed by atoms with E-state index >= 15 is 0 Å². The van der Waals surface area contributed by atoms with Crippen LogP contribution in [0.15, 0.2) is 30.3 Å². The summed E-state index contributed by atoms with van der Waals surface area (Å²) < 4.78 is 19.6. The van der Waals surface area contributed by atoms with Crippen LogP contribution < -0.4 is 4.74 Å². The lowest BCUT2D eigenvalue weighted by molar-refractivity contribution is 0.340. The number of rotatable bonds is 4. The fraction of sp³-hybridized carbons (Fsp3) is 0.250. The Balaban J connectivity index is 2.46. The maximum absolute atomic E-state index is 14.2. The summed E-state index contributed by atoms with van der Waals surface area (Å²) in [7, 11) is 0. The molecule has 21 heavy (non-hydrogen) atoms. The first kappa shape index (κ1) is 16.4. The number of aryl methyl sites for hydroxylation is 1. The Morgan fingerprint density at radius 3 is 2.52 bits per heavy atom. The minimum absolute atomic E-state index is 0.335. The third-order valence-corrected chi connectivity index (χ3v) is 4.21. The molecule has 0 spiro atoms. The molecule has 0 radical (unpaired) electrons. The van der Waals surface area contributed by atoms with Crippen molar-refractivity contribution in [2.45, 2.75) is 19.2 Å². The van der Waals surface area contributed by atoms with Crippen LogP contribution in [0.4, 0.5) is 4.39 Å². The lowest BCUT2D eigenvalue weighted by Gasteiger charge is -2.16. The van der Waals surface area contributed by atoms with Crippen molar-refractivity contribution in [1.82, 2.24) is 0 Å². The van der Waals surface area contributed by atoms with Crippen molar-refractivity contribution >= 4 is 34.8 Å². The van der Waals surface area contributed by atoms with E-state index in [-0.39, 0.29) is 5.82 Å². The summed E-state index contributed by atoms with van der Waals surface area (Å²) in [6.07, 6.45) is 0. The molecule has 0 fully saturated rings. The number of benzene rings is 2. The fourth-order valence-electron chi connectivity index (χ4n) is 2.04. The summed E-state index contributed by atoms with van der Waals surface area (Å²) in [5.74, 6) is 0.153. The van der Waals surface area contributed by atoms with Crippen LogP contribution in [0.3, 0.4) is 0 Å². The Morgan fingerprint density at radius 2 is 1.86 bits per heavy atom. The molecule has 0 saturated heterocycles. The predicted octanol–water partition coefficient (Wildman–Crippen LogP) is 6.17. The summed E-state index contributed by atoms with van der Waals surface area (Å²) in [5, 5.41) is 0.0734. The number of hydrogen-bond acceptors (Lipinski definition) is 1. The highest BCUT2D eigenvalue weighted by atomic mass is 35.5. The van der Waals surface area contributed by atoms with Gasteiger partial charge in [0.15, 0.2) is 0 Å². The Kier molecular flexibility index (Phi) is 5.37. The zero-order valence-corrected chi connectivity index (χ0v) is 13.9. The van der Waals surface area contributed by atoms with E-state index in [4.69, 9.17) is 39.5 Å². The van der Waals surface area contributed by atoms with Gasteiger partial charge in [0.05, 0.1) is 17.0 Å². The number of ether oxygens (including phenoxy) is 1. The molecule has 112 valence electrons. The third kappa shape index (κ3) is 3.45. The van der Waals surface area contributed by atoms with Crippen LogP contribution in [-0.4, -0.2) is 6.61 Å². The highest BCUT2D eigenvalue weighted by molar-refractivity contribution is 6.36. The minimum Gasteiger partial charge on any atom is -0.492 e. The Labute approximate surface area is 138 Å². The van der Waals surface area contributed by atoms with E-state index in [2.05, 4.69) is 0 Å². The second kappa shape index (κ2) is 6.87. The first-order valence-electron chi connectivity index (χ1n) is 6.46. The number of hydrogen-bond donors (Lipinski definition) is 0. The van der Waals surface area contributed by atoms with E-state index in [1.807, 2.05) is 6.92 Å². The van der Waals surface area contributed by atoms with Crippen molar-refractivity contribution in [2.24, 2.45) is 0 Å². The van der Waals surface area contributed by atoms with Gasteiger partial charge in [0.1, 0.15) is 11.6 Å². The molecule has 0 aliphatic rings. The molecule has 0 N–H and O–H groups in total. The van der Waals surface area contributed by atoms with E-state index in [9.17, 15) is 4.39 Å². The van der Waals surface area contributed by atoms with Crippen LogP contribution in [0.25, 0.3) is 0 Å². The van der Waals surface area contributed by atoms with E-state index in [1.165, 1.54) is 0 Å². The molecular weight excluding hydrogens is 334 g/mol. The quantitative estimate of drug-likeness (QED) is 0.601. The van der Waals surface area contributed by atoms with Crippen LogP contribution in [0.2, 0.25) is 10.0 Å². The lowest BCUT2D eigenvalue weighted by atomic mass is 10.0. The van der Waals surface area contributed by atoms with Crippen LogP contribution in [-0.2, 0) is 0 Å². The molecule has 5 heteroatoms. The number of halogens is 4. The summed E-state index contributed by atoms with van der Waals surface area (Å²) in [6.45, 7) is 4.02. The molecule has 1 unspecified atom stereocenters. The van der Waals surface area contributed by atoms with Crippen molar-refractivity contribution in [3.8, 4) is 5.75 Å². The standard InChI is InChI=1S/C16H14Cl3FO/c1-3-21-14-8-12(17)11(7-13(14)18)15(19)10-6-4-5-9(2)16(10)20/h4-8,15H,3H2,1-2H3. The maximum Gasteiger partial charge on any atom is 0.139 e. The van der Waals surface area contributed by atoms with Crippen molar-refractivity contribution in [3.05, 3.63) is 62.9 Å². The van der Waals surface area contributed by atoms with Gasteiger partial charge in [0, 0.05) is 16.7 Å². The molecule has 0 aromatic heterocycles. The molecule has 0 amide bonds. The fourth-order valence-corrected chi connectivity index (χ4v) is 2.93. The Hall–Kier alpha value is -0.960. The van der Waals surface area contributed by atoms with Crippen LogP contribution in [0, 0.1) is 12.7 Å². The monoisotopic (exact) mass is 346 g/mol. The smallest absolute Gasteiger partial charge is 0.139 e. The molecular formula is C16H14Cl3FO. The zero-order chi connectivity index (χ0) is 15.6. The molecule has 1 atom stereocenters. The summed E-state index contributed by atoms with van der Waals surface area (Å²) >= 11 is 18.8. The first-order valence-corrected chi connectivity index (χ1v) is 7.65. The average Bonchev–Trinajstić information content (AvgIpc) is 2.45. The lowest BCUT2D eigenvalue weighted by Crippen LogP contribution is -2.01. The van der Waals surface area contributed by atoms with Gasteiger partial charge in [0.25, 0.3) is 0 Å². The molecule has 0 aliphatic heterocycles. The Bertz CT molecular complexity index is 658. The van der Waals surface area contributed by atoms with E-state index in [0.29, 0.717) is 39.1 Å². The number of alkyl halides is 1. The van der Waals surface area contributed by atoms with Crippen LogP contribution >= 0.6 is 34.8 Å². The average molecular weight is 348 g/mol. The molecule has 0 heterocycles. The van der Waals surface area contributed by atoms with Crippen LogP contribution in [0.5, 0.6) is 5.75 Å². The molecule has 2 aromatic carbocycles. The zero-order valence-electron chi connectivity index (χ0n) is 11.6. The van der Waals surface area contributed by atoms with Crippen molar-refractivity contribution in [2.75, 3.05) is 6.61 Å². The predicted molar refractivity (Wildman–Crippen MR) is 86.5 cm³/mol. The molecule has 2 rings (SSSR count). The normalized spacial score (nSPS) is 12.3. The summed E-state index contributed by atoms with van der Waals surface area (Å²) in [4.78, 5) is 0. The highest BCUT2D eigenvalue weighted by Crippen LogP contribution is 2.40. The molecule has 0 bridgehead atoms. The van der Waals surface area contributed by atoms with E-state index in [1.54, 1.807) is 37.3 Å². The molecule has 0 saturated carbocycles. The van der Waals surface area contributed by atoms with E-state index in [0.717, 1.165) is 0 Å². The van der Waals surface area contributed by atoms with Crippen LogP contribution in [0.1, 0.15) is 29.0 Å². The maximum atomic E-state index is 14.2. The minimum atomic E-state index is -0.717. The van der Waals surface area contributed by atoms with Gasteiger partial charge in [-0.25, -0.2) is 4.39 Å². The van der Waals surface area contributed by atoms with Gasteiger partial charge in [0.2, 0.25) is 0 Å². The van der Waals surface area contributed by atoms with Gasteiger partial charge < -0.3 is 4.74 Å². The topological polar surface area (TPSA) is 9.23 Å². The largest absolute Gasteiger partial charge is 0.492 e. The molecule has 1 nitrogen and oxygen atoms in total. The third-order valence-electron chi connectivity index (χ3n) is 3.12. The highest BCUT2D eigenvalue weighted by Gasteiger charge is 2.20. The Morgan fingerprint density at radius 1 is 1.14 bits per heavy atom. The molecule has 2 aromatic rings. The van der Waals surface area contributed by atoms with E-state index < -0.39 is 5.38 Å². The second-order valence-corrected chi connectivity index (χ2v) is 5.83. The van der Waals surface area contributed by atoms with Gasteiger partial charge in [-0.1, -0.05) is 41.4 Å².